The van der Waals surface area contributed by atoms with Crippen LogP contribution < -0.4 is 0 Å². The zero-order valence-corrected chi connectivity index (χ0v) is 6.41. The molecule has 0 N–H and O–H groups in total. The molecule has 1 fully saturated rings. The molecule has 0 spiro atoms. The van der Waals surface area contributed by atoms with Crippen molar-refractivity contribution in [1.29, 1.82) is 0 Å². The molecule has 1 aliphatic rings. The second-order valence-electron chi connectivity index (χ2n) is 3.18. The summed E-state index contributed by atoms with van der Waals surface area (Å²) >= 11 is 0. The third-order valence-electron chi connectivity index (χ3n) is 2.24. The average Bonchev–Trinajstić information content (AvgIpc) is 2.59. The van der Waals surface area contributed by atoms with Gasteiger partial charge in [-0.15, -0.1) is 0 Å². The molecular weight excluding hydrogens is 140 g/mol. The van der Waals surface area contributed by atoms with Crippen molar-refractivity contribution in [3.8, 4) is 0 Å². The van der Waals surface area contributed by atoms with E-state index in [2.05, 4.69) is 6.92 Å². The minimum absolute atomic E-state index is 0.444. The highest BCUT2D eigenvalue weighted by atomic mass is 16.3. The number of aldehydes is 1. The van der Waals surface area contributed by atoms with E-state index in [0.29, 0.717) is 11.7 Å². The second-order valence-corrected chi connectivity index (χ2v) is 3.18. The van der Waals surface area contributed by atoms with Gasteiger partial charge in [-0.1, -0.05) is 6.92 Å². The summed E-state index contributed by atoms with van der Waals surface area (Å²) in [7, 11) is 0. The van der Waals surface area contributed by atoms with Gasteiger partial charge in [-0.05, 0) is 24.5 Å². The Morgan fingerprint density at radius 3 is 2.82 bits per heavy atom. The van der Waals surface area contributed by atoms with Crippen LogP contribution >= 0.6 is 0 Å². The van der Waals surface area contributed by atoms with Crippen LogP contribution in [0.2, 0.25) is 0 Å². The van der Waals surface area contributed by atoms with Crippen molar-refractivity contribution in [2.24, 2.45) is 5.92 Å². The molecule has 0 aliphatic heterocycles. The van der Waals surface area contributed by atoms with Gasteiger partial charge in [0.15, 0.2) is 12.0 Å². The Hall–Kier alpha value is -1.05. The molecule has 2 rings (SSSR count). The molecule has 0 saturated heterocycles. The van der Waals surface area contributed by atoms with Crippen LogP contribution in [0.3, 0.4) is 0 Å². The molecule has 0 unspecified atom stereocenters. The lowest BCUT2D eigenvalue weighted by Gasteiger charge is -1.87. The molecule has 2 atom stereocenters. The topological polar surface area (TPSA) is 30.2 Å². The average molecular weight is 150 g/mol. The molecule has 1 saturated carbocycles. The number of carbonyl (C=O) groups excluding carboxylic acids is 1. The highest BCUT2D eigenvalue weighted by Gasteiger charge is 2.36. The number of hydrogen-bond donors (Lipinski definition) is 0. The van der Waals surface area contributed by atoms with Crippen LogP contribution in [0.15, 0.2) is 16.5 Å². The number of carbonyl (C=O) groups is 1. The van der Waals surface area contributed by atoms with Crippen LogP contribution in [0, 0.1) is 5.92 Å². The molecule has 1 aromatic rings. The van der Waals surface area contributed by atoms with E-state index in [4.69, 9.17) is 4.42 Å². The normalized spacial score (nSPS) is 28.5. The Bertz CT molecular complexity index is 275. The van der Waals surface area contributed by atoms with Gasteiger partial charge in [-0.3, -0.25) is 4.79 Å². The van der Waals surface area contributed by atoms with Gasteiger partial charge in [0.05, 0.1) is 0 Å². The van der Waals surface area contributed by atoms with Crippen molar-refractivity contribution < 1.29 is 9.21 Å². The summed E-state index contributed by atoms with van der Waals surface area (Å²) in [6, 6.07) is 3.63. The molecule has 0 radical (unpaired) electrons. The van der Waals surface area contributed by atoms with Crippen molar-refractivity contribution in [2.75, 3.05) is 0 Å². The van der Waals surface area contributed by atoms with Gasteiger partial charge in [0.25, 0.3) is 0 Å². The summed E-state index contributed by atoms with van der Waals surface area (Å²) in [5.41, 5.74) is 0. The first-order valence-corrected chi connectivity index (χ1v) is 3.86. The van der Waals surface area contributed by atoms with Crippen LogP contribution in [0.25, 0.3) is 0 Å². The molecule has 2 heteroatoms. The second kappa shape index (κ2) is 2.22. The van der Waals surface area contributed by atoms with E-state index in [1.165, 1.54) is 6.42 Å². The molecule has 0 amide bonds. The summed E-state index contributed by atoms with van der Waals surface area (Å²) in [6.07, 6.45) is 1.95. The molecule has 0 bridgehead atoms. The maximum absolute atomic E-state index is 10.3. The summed E-state index contributed by atoms with van der Waals surface area (Å²) in [6.45, 7) is 2.19. The van der Waals surface area contributed by atoms with E-state index >= 15 is 0 Å². The molecule has 1 aliphatic carbocycles. The quantitative estimate of drug-likeness (QED) is 0.605. The van der Waals surface area contributed by atoms with E-state index in [0.717, 1.165) is 18.0 Å². The smallest absolute Gasteiger partial charge is 0.185 e. The highest BCUT2D eigenvalue weighted by Crippen LogP contribution is 2.47. The molecule has 58 valence electrons. The van der Waals surface area contributed by atoms with Crippen LogP contribution in [-0.4, -0.2) is 6.29 Å². The summed E-state index contributed by atoms with van der Waals surface area (Å²) < 4.78 is 5.26. The van der Waals surface area contributed by atoms with Gasteiger partial charge >= 0.3 is 0 Å². The molecular formula is C9H10O2. The molecule has 1 aromatic heterocycles. The standard InChI is InChI=1S/C9H10O2/c1-6-4-8(6)9-3-2-7(5-10)11-9/h2-3,5-6,8H,4H2,1H3/t6-,8-/m0/s1. The first kappa shape index (κ1) is 6.65. The van der Waals surface area contributed by atoms with Gasteiger partial charge in [0, 0.05) is 5.92 Å². The van der Waals surface area contributed by atoms with Gasteiger partial charge in [-0.25, -0.2) is 0 Å². The summed E-state index contributed by atoms with van der Waals surface area (Å²) in [4.78, 5) is 10.3. The summed E-state index contributed by atoms with van der Waals surface area (Å²) in [5, 5.41) is 0. The van der Waals surface area contributed by atoms with E-state index in [1.807, 2.05) is 6.07 Å². The predicted octanol–water partition coefficient (Wildman–Crippen LogP) is 2.22. The lowest BCUT2D eigenvalue weighted by molar-refractivity contribution is 0.109. The Kier molecular flexibility index (Phi) is 1.34. The van der Waals surface area contributed by atoms with Crippen molar-refractivity contribution in [2.45, 2.75) is 19.3 Å². The Morgan fingerprint density at radius 1 is 1.64 bits per heavy atom. The number of furan rings is 1. The molecule has 0 aromatic carbocycles. The molecule has 2 nitrogen and oxygen atoms in total. The van der Waals surface area contributed by atoms with Crippen LogP contribution in [0.5, 0.6) is 0 Å². The third kappa shape index (κ3) is 1.09. The fourth-order valence-electron chi connectivity index (χ4n) is 1.35. The van der Waals surface area contributed by atoms with Gasteiger partial charge in [0.1, 0.15) is 5.76 Å². The zero-order chi connectivity index (χ0) is 7.84. The van der Waals surface area contributed by atoms with Crippen molar-refractivity contribution in [3.63, 3.8) is 0 Å². The third-order valence-corrected chi connectivity index (χ3v) is 2.24. The maximum Gasteiger partial charge on any atom is 0.185 e. The lowest BCUT2D eigenvalue weighted by Crippen LogP contribution is -1.74. The highest BCUT2D eigenvalue weighted by molar-refractivity contribution is 5.70. The van der Waals surface area contributed by atoms with Gasteiger partial charge in [0.2, 0.25) is 0 Å². The first-order valence-electron chi connectivity index (χ1n) is 3.86. The van der Waals surface area contributed by atoms with E-state index in [1.54, 1.807) is 6.07 Å². The van der Waals surface area contributed by atoms with Crippen molar-refractivity contribution >= 4 is 6.29 Å². The van der Waals surface area contributed by atoms with E-state index < -0.39 is 0 Å². The molecule has 1 heterocycles. The number of rotatable bonds is 2. The van der Waals surface area contributed by atoms with Crippen molar-refractivity contribution in [3.05, 3.63) is 23.7 Å². The minimum atomic E-state index is 0.444. The van der Waals surface area contributed by atoms with E-state index in [9.17, 15) is 4.79 Å². The van der Waals surface area contributed by atoms with Gasteiger partial charge in [-0.2, -0.15) is 0 Å². The minimum Gasteiger partial charge on any atom is -0.458 e. The fraction of sp³-hybridized carbons (Fsp3) is 0.444. The van der Waals surface area contributed by atoms with Crippen molar-refractivity contribution in [1.82, 2.24) is 0 Å². The van der Waals surface area contributed by atoms with Crippen LogP contribution in [0.1, 0.15) is 35.6 Å². The van der Waals surface area contributed by atoms with E-state index in [-0.39, 0.29) is 0 Å². The zero-order valence-electron chi connectivity index (χ0n) is 6.41. The van der Waals surface area contributed by atoms with Crippen LogP contribution in [-0.2, 0) is 0 Å². The Labute approximate surface area is 65.2 Å². The predicted molar refractivity (Wildman–Crippen MR) is 40.6 cm³/mol. The molecule has 11 heavy (non-hydrogen) atoms. The Morgan fingerprint density at radius 2 is 2.36 bits per heavy atom. The summed E-state index contributed by atoms with van der Waals surface area (Å²) in [5.74, 6) is 2.73. The van der Waals surface area contributed by atoms with Crippen LogP contribution in [0.4, 0.5) is 0 Å². The fourth-order valence-corrected chi connectivity index (χ4v) is 1.35. The maximum atomic E-state index is 10.3. The Balaban J connectivity index is 2.19. The van der Waals surface area contributed by atoms with Gasteiger partial charge < -0.3 is 4.42 Å². The largest absolute Gasteiger partial charge is 0.458 e. The SMILES string of the molecule is C[C@H]1C[C@@H]1c1ccc(C=O)o1. The lowest BCUT2D eigenvalue weighted by atomic mass is 10.3. The monoisotopic (exact) mass is 150 g/mol. The number of hydrogen-bond acceptors (Lipinski definition) is 2. The first-order chi connectivity index (χ1) is 5.31.